The minimum Gasteiger partial charge on any atom is -0.467 e. The molecule has 1 aromatic carbocycles. The van der Waals surface area contributed by atoms with Gasteiger partial charge < -0.3 is 9.64 Å². The lowest BCUT2D eigenvalue weighted by Gasteiger charge is -2.09. The molecule has 0 bridgehead atoms. The molecule has 15 heavy (non-hydrogen) atoms. The molecule has 4 heteroatoms. The van der Waals surface area contributed by atoms with Crippen LogP contribution in [0.2, 0.25) is 5.02 Å². The highest BCUT2D eigenvalue weighted by atomic mass is 35.5. The standard InChI is InChI=1S/C11H12ClNO2/c1-7-8(12)4-3-5-9(7)13-6-10(13)11(14)15-2/h3-5,10H,6H2,1-2H3. The number of halogens is 1. The van der Waals surface area contributed by atoms with Crippen molar-refractivity contribution in [3.63, 3.8) is 0 Å². The quantitative estimate of drug-likeness (QED) is 0.570. The molecule has 1 fully saturated rings. The van der Waals surface area contributed by atoms with Crippen LogP contribution in [0, 0.1) is 6.92 Å². The third-order valence-corrected chi connectivity index (χ3v) is 3.04. The number of methoxy groups -OCH3 is 1. The van der Waals surface area contributed by atoms with E-state index in [9.17, 15) is 4.79 Å². The van der Waals surface area contributed by atoms with Crippen molar-refractivity contribution in [2.75, 3.05) is 18.6 Å². The summed E-state index contributed by atoms with van der Waals surface area (Å²) in [5, 5.41) is 0.725. The maximum Gasteiger partial charge on any atom is 0.330 e. The van der Waals surface area contributed by atoms with Crippen LogP contribution in [-0.4, -0.2) is 25.7 Å². The summed E-state index contributed by atoms with van der Waals surface area (Å²) in [6.45, 7) is 2.66. The van der Waals surface area contributed by atoms with Crippen molar-refractivity contribution in [2.45, 2.75) is 13.0 Å². The minimum atomic E-state index is -0.186. The summed E-state index contributed by atoms with van der Waals surface area (Å²) in [6.07, 6.45) is 0. The summed E-state index contributed by atoms with van der Waals surface area (Å²) in [6, 6.07) is 5.56. The van der Waals surface area contributed by atoms with Crippen molar-refractivity contribution in [3.05, 3.63) is 28.8 Å². The third kappa shape index (κ3) is 1.79. The number of carbonyl (C=O) groups is 1. The summed E-state index contributed by atoms with van der Waals surface area (Å²) in [5.74, 6) is -0.186. The number of nitrogens with zero attached hydrogens (tertiary/aromatic N) is 1. The molecule has 1 saturated heterocycles. The van der Waals surface area contributed by atoms with E-state index in [0.29, 0.717) is 6.54 Å². The zero-order chi connectivity index (χ0) is 11.0. The first-order valence-corrected chi connectivity index (χ1v) is 5.12. The molecule has 1 aromatic rings. The van der Waals surface area contributed by atoms with E-state index in [2.05, 4.69) is 4.74 Å². The number of ether oxygens (including phenoxy) is 1. The van der Waals surface area contributed by atoms with Gasteiger partial charge in [0.1, 0.15) is 6.04 Å². The van der Waals surface area contributed by atoms with Crippen LogP contribution in [0.1, 0.15) is 5.56 Å². The average Bonchev–Trinajstić information content (AvgIpc) is 3.01. The average molecular weight is 226 g/mol. The number of esters is 1. The fraction of sp³-hybridized carbons (Fsp3) is 0.364. The predicted octanol–water partition coefficient (Wildman–Crippen LogP) is 2.01. The zero-order valence-corrected chi connectivity index (χ0v) is 9.41. The summed E-state index contributed by atoms with van der Waals surface area (Å²) < 4.78 is 4.68. The van der Waals surface area contributed by atoms with E-state index in [1.165, 1.54) is 7.11 Å². The summed E-state index contributed by atoms with van der Waals surface area (Å²) in [7, 11) is 1.41. The second kappa shape index (κ2) is 3.74. The Bertz CT molecular complexity index is 406. The second-order valence-electron chi connectivity index (χ2n) is 3.58. The van der Waals surface area contributed by atoms with E-state index < -0.39 is 0 Å². The van der Waals surface area contributed by atoms with Gasteiger partial charge in [-0.2, -0.15) is 0 Å². The molecule has 1 heterocycles. The highest BCUT2D eigenvalue weighted by molar-refractivity contribution is 6.31. The molecule has 1 atom stereocenters. The van der Waals surface area contributed by atoms with Gasteiger partial charge in [0, 0.05) is 10.7 Å². The van der Waals surface area contributed by atoms with E-state index in [-0.39, 0.29) is 12.0 Å². The Balaban J connectivity index is 2.20. The van der Waals surface area contributed by atoms with Crippen LogP contribution in [0.5, 0.6) is 0 Å². The largest absolute Gasteiger partial charge is 0.467 e. The smallest absolute Gasteiger partial charge is 0.330 e. The molecule has 0 spiro atoms. The Labute approximate surface area is 93.6 Å². The van der Waals surface area contributed by atoms with Gasteiger partial charge in [0.25, 0.3) is 0 Å². The minimum absolute atomic E-state index is 0.132. The molecular weight excluding hydrogens is 214 g/mol. The SMILES string of the molecule is COC(=O)C1CN1c1cccc(Cl)c1C. The lowest BCUT2D eigenvalue weighted by atomic mass is 10.2. The number of anilines is 1. The molecule has 2 rings (SSSR count). The molecule has 1 aliphatic rings. The van der Waals surface area contributed by atoms with Crippen molar-refractivity contribution in [1.82, 2.24) is 0 Å². The lowest BCUT2D eigenvalue weighted by Crippen LogP contribution is -2.14. The molecule has 0 amide bonds. The van der Waals surface area contributed by atoms with E-state index in [4.69, 9.17) is 11.6 Å². The maximum absolute atomic E-state index is 11.3. The van der Waals surface area contributed by atoms with Crippen LogP contribution in [-0.2, 0) is 9.53 Å². The maximum atomic E-state index is 11.3. The van der Waals surface area contributed by atoms with Crippen molar-refractivity contribution in [2.24, 2.45) is 0 Å². The predicted molar refractivity (Wildman–Crippen MR) is 59.3 cm³/mol. The van der Waals surface area contributed by atoms with Gasteiger partial charge in [0.2, 0.25) is 0 Å². The van der Waals surface area contributed by atoms with Crippen LogP contribution < -0.4 is 4.90 Å². The van der Waals surface area contributed by atoms with Crippen molar-refractivity contribution in [3.8, 4) is 0 Å². The van der Waals surface area contributed by atoms with Crippen LogP contribution >= 0.6 is 11.6 Å². The molecule has 0 radical (unpaired) electrons. The number of rotatable bonds is 2. The molecule has 0 saturated carbocycles. The summed E-state index contributed by atoms with van der Waals surface area (Å²) >= 11 is 6.00. The molecule has 1 aliphatic heterocycles. The van der Waals surface area contributed by atoms with Gasteiger partial charge in [0.15, 0.2) is 0 Å². The topological polar surface area (TPSA) is 29.3 Å². The number of hydrogen-bond acceptors (Lipinski definition) is 3. The van der Waals surface area contributed by atoms with Gasteiger partial charge in [-0.25, -0.2) is 4.79 Å². The third-order valence-electron chi connectivity index (χ3n) is 2.63. The van der Waals surface area contributed by atoms with Gasteiger partial charge in [-0.3, -0.25) is 0 Å². The highest BCUT2D eigenvalue weighted by Gasteiger charge is 2.42. The summed E-state index contributed by atoms with van der Waals surface area (Å²) in [5.41, 5.74) is 2.02. The Kier molecular flexibility index (Phi) is 2.57. The Morgan fingerprint density at radius 2 is 2.33 bits per heavy atom. The van der Waals surface area contributed by atoms with Gasteiger partial charge in [-0.1, -0.05) is 17.7 Å². The van der Waals surface area contributed by atoms with Crippen LogP contribution in [0.15, 0.2) is 18.2 Å². The van der Waals surface area contributed by atoms with Crippen LogP contribution in [0.4, 0.5) is 5.69 Å². The molecule has 80 valence electrons. The molecule has 0 aliphatic carbocycles. The first kappa shape index (κ1) is 10.3. The fourth-order valence-corrected chi connectivity index (χ4v) is 1.82. The van der Waals surface area contributed by atoms with Crippen molar-refractivity contribution >= 4 is 23.3 Å². The van der Waals surface area contributed by atoms with E-state index in [0.717, 1.165) is 16.3 Å². The Morgan fingerprint density at radius 3 is 3.00 bits per heavy atom. The van der Waals surface area contributed by atoms with Crippen molar-refractivity contribution < 1.29 is 9.53 Å². The second-order valence-corrected chi connectivity index (χ2v) is 3.98. The first-order chi connectivity index (χ1) is 7.15. The lowest BCUT2D eigenvalue weighted by molar-refractivity contribution is -0.139. The van der Waals surface area contributed by atoms with Crippen molar-refractivity contribution in [1.29, 1.82) is 0 Å². The fourth-order valence-electron chi connectivity index (χ4n) is 1.65. The Hall–Kier alpha value is -1.22. The monoisotopic (exact) mass is 225 g/mol. The van der Waals surface area contributed by atoms with Gasteiger partial charge in [-0.15, -0.1) is 0 Å². The number of hydrogen-bond donors (Lipinski definition) is 0. The Morgan fingerprint density at radius 1 is 1.60 bits per heavy atom. The number of benzene rings is 1. The summed E-state index contributed by atoms with van der Waals surface area (Å²) in [4.78, 5) is 13.2. The van der Waals surface area contributed by atoms with Gasteiger partial charge >= 0.3 is 5.97 Å². The molecule has 3 nitrogen and oxygen atoms in total. The molecule has 1 unspecified atom stereocenters. The normalized spacial score (nSPS) is 18.9. The molecule has 0 N–H and O–H groups in total. The zero-order valence-electron chi connectivity index (χ0n) is 8.66. The van der Waals surface area contributed by atoms with Crippen LogP contribution in [0.3, 0.4) is 0 Å². The van der Waals surface area contributed by atoms with E-state index in [1.807, 2.05) is 30.0 Å². The van der Waals surface area contributed by atoms with Gasteiger partial charge in [0.05, 0.1) is 13.7 Å². The van der Waals surface area contributed by atoms with Gasteiger partial charge in [-0.05, 0) is 24.6 Å². The van der Waals surface area contributed by atoms with E-state index >= 15 is 0 Å². The molecule has 0 aromatic heterocycles. The van der Waals surface area contributed by atoms with Crippen LogP contribution in [0.25, 0.3) is 0 Å². The molecular formula is C11H12ClNO2. The highest BCUT2D eigenvalue weighted by Crippen LogP contribution is 2.34. The first-order valence-electron chi connectivity index (χ1n) is 4.74. The van der Waals surface area contributed by atoms with E-state index in [1.54, 1.807) is 0 Å². The number of carbonyl (C=O) groups excluding carboxylic acids is 1.